The van der Waals surface area contributed by atoms with Crippen molar-refractivity contribution in [3.63, 3.8) is 0 Å². The van der Waals surface area contributed by atoms with E-state index in [1.807, 2.05) is 30.3 Å². The van der Waals surface area contributed by atoms with Gasteiger partial charge in [-0.05, 0) is 18.5 Å². The summed E-state index contributed by atoms with van der Waals surface area (Å²) in [6.07, 6.45) is 8.23. The highest BCUT2D eigenvalue weighted by molar-refractivity contribution is 5.77. The van der Waals surface area contributed by atoms with Crippen molar-refractivity contribution in [3.05, 3.63) is 35.9 Å². The summed E-state index contributed by atoms with van der Waals surface area (Å²) < 4.78 is 0. The van der Waals surface area contributed by atoms with Gasteiger partial charge in [0.05, 0.1) is 0 Å². The number of carbonyl (C=O) groups is 1. The Labute approximate surface area is 133 Å². The summed E-state index contributed by atoms with van der Waals surface area (Å²) in [5, 5.41) is 22.4. The molecule has 0 aliphatic heterocycles. The molecule has 0 fully saturated rings. The molecule has 4 nitrogen and oxygen atoms in total. The van der Waals surface area contributed by atoms with Gasteiger partial charge in [-0.2, -0.15) is 0 Å². The van der Waals surface area contributed by atoms with Crippen molar-refractivity contribution in [2.24, 2.45) is 0 Å². The zero-order valence-electron chi connectivity index (χ0n) is 13.6. The zero-order chi connectivity index (χ0) is 16.3. The second kappa shape index (κ2) is 10.4. The van der Waals surface area contributed by atoms with E-state index in [4.69, 9.17) is 0 Å². The van der Waals surface area contributed by atoms with Gasteiger partial charge in [0, 0.05) is 6.42 Å². The second-order valence-corrected chi connectivity index (χ2v) is 5.88. The summed E-state index contributed by atoms with van der Waals surface area (Å²) in [6.45, 7) is 2.72. The SMILES string of the molecule is CCCCCCCCCNC(O)(Cc1ccccc1)C(=O)O. The Bertz CT molecular complexity index is 422. The van der Waals surface area contributed by atoms with Gasteiger partial charge in [0.2, 0.25) is 5.72 Å². The predicted octanol–water partition coefficient (Wildman–Crippen LogP) is 3.34. The number of unbranched alkanes of at least 4 members (excludes halogenated alkanes) is 6. The Kier molecular flexibility index (Phi) is 8.78. The van der Waals surface area contributed by atoms with Crippen LogP contribution < -0.4 is 5.32 Å². The standard InChI is InChI=1S/C18H29NO3/c1-2-3-4-5-6-7-11-14-19-18(22,17(20)21)15-16-12-9-8-10-13-16/h8-10,12-13,19,22H,2-7,11,14-15H2,1H3,(H,20,21). The summed E-state index contributed by atoms with van der Waals surface area (Å²) in [7, 11) is 0. The average molecular weight is 307 g/mol. The van der Waals surface area contributed by atoms with Gasteiger partial charge in [0.15, 0.2) is 0 Å². The van der Waals surface area contributed by atoms with E-state index >= 15 is 0 Å². The summed E-state index contributed by atoms with van der Waals surface area (Å²) in [5.74, 6) is -1.22. The largest absolute Gasteiger partial charge is 0.478 e. The van der Waals surface area contributed by atoms with Crippen molar-refractivity contribution in [2.45, 2.75) is 64.0 Å². The van der Waals surface area contributed by atoms with E-state index < -0.39 is 11.7 Å². The Morgan fingerprint density at radius 2 is 1.64 bits per heavy atom. The molecule has 1 aromatic rings. The lowest BCUT2D eigenvalue weighted by Crippen LogP contribution is -2.54. The first-order valence-corrected chi connectivity index (χ1v) is 8.33. The number of hydrogen-bond donors (Lipinski definition) is 3. The van der Waals surface area contributed by atoms with Crippen LogP contribution in [0, 0.1) is 0 Å². The molecule has 0 amide bonds. The Hall–Kier alpha value is -1.39. The van der Waals surface area contributed by atoms with Crippen molar-refractivity contribution in [1.29, 1.82) is 0 Å². The van der Waals surface area contributed by atoms with Gasteiger partial charge < -0.3 is 10.2 Å². The van der Waals surface area contributed by atoms with Crippen molar-refractivity contribution < 1.29 is 15.0 Å². The van der Waals surface area contributed by atoms with Crippen LogP contribution in [0.3, 0.4) is 0 Å². The Morgan fingerprint density at radius 1 is 1.05 bits per heavy atom. The molecule has 0 heterocycles. The maximum absolute atomic E-state index is 11.4. The highest BCUT2D eigenvalue weighted by Crippen LogP contribution is 2.12. The molecular weight excluding hydrogens is 278 g/mol. The molecule has 22 heavy (non-hydrogen) atoms. The number of benzene rings is 1. The van der Waals surface area contributed by atoms with E-state index in [9.17, 15) is 15.0 Å². The third-order valence-electron chi connectivity index (χ3n) is 3.85. The minimum atomic E-state index is -1.89. The molecule has 3 N–H and O–H groups in total. The van der Waals surface area contributed by atoms with E-state index in [0.29, 0.717) is 6.54 Å². The topological polar surface area (TPSA) is 69.6 Å². The molecule has 0 aliphatic rings. The van der Waals surface area contributed by atoms with Crippen molar-refractivity contribution in [1.82, 2.24) is 5.32 Å². The molecule has 4 heteroatoms. The zero-order valence-corrected chi connectivity index (χ0v) is 13.6. The number of nitrogens with one attached hydrogen (secondary N) is 1. The van der Waals surface area contributed by atoms with Crippen LogP contribution in [-0.4, -0.2) is 28.5 Å². The summed E-state index contributed by atoms with van der Waals surface area (Å²) in [5.41, 5.74) is -1.08. The third kappa shape index (κ3) is 7.05. The van der Waals surface area contributed by atoms with Crippen LogP contribution in [0.1, 0.15) is 57.4 Å². The molecule has 124 valence electrons. The predicted molar refractivity (Wildman–Crippen MR) is 88.7 cm³/mol. The molecule has 0 bridgehead atoms. The van der Waals surface area contributed by atoms with E-state index in [1.165, 1.54) is 32.1 Å². The van der Waals surface area contributed by atoms with Crippen molar-refractivity contribution in [3.8, 4) is 0 Å². The van der Waals surface area contributed by atoms with Crippen LogP contribution in [0.15, 0.2) is 30.3 Å². The van der Waals surface area contributed by atoms with Crippen LogP contribution in [0.5, 0.6) is 0 Å². The maximum Gasteiger partial charge on any atom is 0.351 e. The van der Waals surface area contributed by atoms with E-state index in [0.717, 1.165) is 18.4 Å². The lowest BCUT2D eigenvalue weighted by molar-refractivity contribution is -0.162. The molecule has 0 spiro atoms. The fourth-order valence-corrected chi connectivity index (χ4v) is 2.48. The molecule has 0 saturated carbocycles. The van der Waals surface area contributed by atoms with Gasteiger partial charge in [0.25, 0.3) is 0 Å². The van der Waals surface area contributed by atoms with Crippen LogP contribution in [0.2, 0.25) is 0 Å². The molecule has 1 unspecified atom stereocenters. The number of hydrogen-bond acceptors (Lipinski definition) is 3. The monoisotopic (exact) mass is 307 g/mol. The first kappa shape index (κ1) is 18.7. The van der Waals surface area contributed by atoms with Crippen LogP contribution in [0.25, 0.3) is 0 Å². The quantitative estimate of drug-likeness (QED) is 0.409. The minimum Gasteiger partial charge on any atom is -0.478 e. The molecule has 0 aromatic heterocycles. The molecule has 1 rings (SSSR count). The van der Waals surface area contributed by atoms with Crippen molar-refractivity contribution in [2.75, 3.05) is 6.54 Å². The highest BCUT2D eigenvalue weighted by Gasteiger charge is 2.35. The number of aliphatic hydroxyl groups is 1. The van der Waals surface area contributed by atoms with Gasteiger partial charge in [0.1, 0.15) is 0 Å². The Morgan fingerprint density at radius 3 is 2.23 bits per heavy atom. The average Bonchev–Trinajstić information content (AvgIpc) is 2.51. The van der Waals surface area contributed by atoms with Gasteiger partial charge >= 0.3 is 5.97 Å². The molecule has 1 atom stereocenters. The summed E-state index contributed by atoms with van der Waals surface area (Å²) in [4.78, 5) is 11.4. The van der Waals surface area contributed by atoms with Crippen LogP contribution in [-0.2, 0) is 11.2 Å². The molecular formula is C18H29NO3. The minimum absolute atomic E-state index is 0.0691. The first-order valence-electron chi connectivity index (χ1n) is 8.33. The van der Waals surface area contributed by atoms with E-state index in [-0.39, 0.29) is 6.42 Å². The molecule has 0 saturated heterocycles. The number of carboxylic acids is 1. The molecule has 0 radical (unpaired) electrons. The highest BCUT2D eigenvalue weighted by atomic mass is 16.4. The molecule has 1 aromatic carbocycles. The summed E-state index contributed by atoms with van der Waals surface area (Å²) in [6, 6.07) is 9.20. The van der Waals surface area contributed by atoms with Crippen LogP contribution in [0.4, 0.5) is 0 Å². The lowest BCUT2D eigenvalue weighted by Gasteiger charge is -2.25. The number of rotatable bonds is 12. The fourth-order valence-electron chi connectivity index (χ4n) is 2.48. The number of aliphatic carboxylic acids is 1. The summed E-state index contributed by atoms with van der Waals surface area (Å²) >= 11 is 0. The van der Waals surface area contributed by atoms with Gasteiger partial charge in [-0.25, -0.2) is 4.79 Å². The molecule has 0 aliphatic carbocycles. The number of carboxylic acid groups (broad SMARTS) is 1. The van der Waals surface area contributed by atoms with Gasteiger partial charge in [-0.1, -0.05) is 75.8 Å². The van der Waals surface area contributed by atoms with E-state index in [2.05, 4.69) is 12.2 Å². The van der Waals surface area contributed by atoms with Gasteiger partial charge in [-0.3, -0.25) is 5.32 Å². The Balaban J connectivity index is 2.30. The van der Waals surface area contributed by atoms with Crippen molar-refractivity contribution >= 4 is 5.97 Å². The fraction of sp³-hybridized carbons (Fsp3) is 0.611. The maximum atomic E-state index is 11.4. The smallest absolute Gasteiger partial charge is 0.351 e. The first-order chi connectivity index (χ1) is 10.6. The van der Waals surface area contributed by atoms with E-state index in [1.54, 1.807) is 0 Å². The second-order valence-electron chi connectivity index (χ2n) is 5.88. The van der Waals surface area contributed by atoms with Crippen LogP contribution >= 0.6 is 0 Å². The third-order valence-corrected chi connectivity index (χ3v) is 3.85. The lowest BCUT2D eigenvalue weighted by atomic mass is 10.0. The normalized spacial score (nSPS) is 13.7. The van der Waals surface area contributed by atoms with Gasteiger partial charge in [-0.15, -0.1) is 0 Å².